The molecule has 4 heteroatoms. The third kappa shape index (κ3) is 6.18. The number of rotatable bonds is 7. The molecule has 2 N–H and O–H groups in total. The molecule has 0 radical (unpaired) electrons. The molecule has 0 aromatic heterocycles. The van der Waals surface area contributed by atoms with Crippen molar-refractivity contribution < 1.29 is 0 Å². The summed E-state index contributed by atoms with van der Waals surface area (Å²) in [5, 5.41) is 6.89. The first kappa shape index (κ1) is 15.0. The standard InChI is InChI=1S/C14H28N2S2/c1-7-15-8-2-13(1)5-11-17-18-12-6-14-3-9-16-10-4-14/h13-16H,1-12H2. The van der Waals surface area contributed by atoms with E-state index in [-0.39, 0.29) is 0 Å². The van der Waals surface area contributed by atoms with Gasteiger partial charge in [-0.05, 0) is 76.5 Å². The van der Waals surface area contributed by atoms with Crippen molar-refractivity contribution in [2.75, 3.05) is 37.7 Å². The number of piperidine rings is 2. The van der Waals surface area contributed by atoms with E-state index in [9.17, 15) is 0 Å². The van der Waals surface area contributed by atoms with Crippen LogP contribution in [0.25, 0.3) is 0 Å². The highest BCUT2D eigenvalue weighted by Crippen LogP contribution is 2.28. The lowest BCUT2D eigenvalue weighted by Crippen LogP contribution is -2.28. The first-order valence-electron chi connectivity index (χ1n) is 7.61. The van der Waals surface area contributed by atoms with Gasteiger partial charge in [-0.1, -0.05) is 21.6 Å². The summed E-state index contributed by atoms with van der Waals surface area (Å²) in [5.74, 6) is 4.73. The molecule has 0 atom stereocenters. The molecule has 2 heterocycles. The summed E-state index contributed by atoms with van der Waals surface area (Å²) in [6.07, 6.45) is 8.49. The maximum Gasteiger partial charge on any atom is 0.00395 e. The van der Waals surface area contributed by atoms with Crippen molar-refractivity contribution in [3.8, 4) is 0 Å². The summed E-state index contributed by atoms with van der Waals surface area (Å²) in [7, 11) is 4.23. The zero-order chi connectivity index (χ0) is 12.5. The van der Waals surface area contributed by atoms with Crippen molar-refractivity contribution in [2.24, 2.45) is 11.8 Å². The van der Waals surface area contributed by atoms with Crippen molar-refractivity contribution in [3.05, 3.63) is 0 Å². The van der Waals surface area contributed by atoms with Crippen LogP contribution in [0.15, 0.2) is 0 Å². The van der Waals surface area contributed by atoms with Crippen LogP contribution in [-0.2, 0) is 0 Å². The smallest absolute Gasteiger partial charge is 0.00395 e. The molecule has 0 aromatic rings. The topological polar surface area (TPSA) is 24.1 Å². The summed E-state index contributed by atoms with van der Waals surface area (Å²) in [6, 6.07) is 0. The molecule has 0 saturated carbocycles. The predicted molar refractivity (Wildman–Crippen MR) is 85.3 cm³/mol. The second-order valence-electron chi connectivity index (χ2n) is 5.61. The number of hydrogen-bond acceptors (Lipinski definition) is 4. The van der Waals surface area contributed by atoms with E-state index in [2.05, 4.69) is 32.2 Å². The Balaban J connectivity index is 1.39. The van der Waals surface area contributed by atoms with Crippen LogP contribution in [0.2, 0.25) is 0 Å². The van der Waals surface area contributed by atoms with Gasteiger partial charge >= 0.3 is 0 Å². The molecule has 2 saturated heterocycles. The molecule has 2 rings (SSSR count). The molecule has 0 aliphatic carbocycles. The Bertz CT molecular complexity index is 180. The molecular formula is C14H28N2S2. The van der Waals surface area contributed by atoms with E-state index >= 15 is 0 Å². The fourth-order valence-corrected chi connectivity index (χ4v) is 5.27. The minimum Gasteiger partial charge on any atom is -0.317 e. The van der Waals surface area contributed by atoms with Crippen LogP contribution < -0.4 is 10.6 Å². The molecule has 0 unspecified atom stereocenters. The SMILES string of the molecule is C1CC(CCSSCCC2CCNCC2)CCN1. The summed E-state index contributed by atoms with van der Waals surface area (Å²) in [4.78, 5) is 0. The Hall–Kier alpha value is 0.620. The van der Waals surface area contributed by atoms with E-state index in [4.69, 9.17) is 0 Å². The average Bonchev–Trinajstić information content (AvgIpc) is 2.45. The highest BCUT2D eigenvalue weighted by Gasteiger charge is 2.13. The minimum absolute atomic E-state index is 1.00. The monoisotopic (exact) mass is 288 g/mol. The largest absolute Gasteiger partial charge is 0.317 e. The maximum absolute atomic E-state index is 3.44. The normalized spacial score (nSPS) is 23.3. The minimum atomic E-state index is 1.00. The van der Waals surface area contributed by atoms with E-state index in [0.717, 1.165) is 11.8 Å². The lowest BCUT2D eigenvalue weighted by Gasteiger charge is -2.23. The first-order chi connectivity index (χ1) is 8.95. The summed E-state index contributed by atoms with van der Waals surface area (Å²) in [5.41, 5.74) is 0. The van der Waals surface area contributed by atoms with Crippen LogP contribution in [0, 0.1) is 11.8 Å². The third-order valence-corrected chi connectivity index (χ3v) is 6.69. The van der Waals surface area contributed by atoms with Gasteiger partial charge in [0.2, 0.25) is 0 Å². The van der Waals surface area contributed by atoms with Crippen LogP contribution >= 0.6 is 21.6 Å². The zero-order valence-corrected chi connectivity index (χ0v) is 13.1. The van der Waals surface area contributed by atoms with Crippen LogP contribution in [0.3, 0.4) is 0 Å². The number of nitrogens with one attached hydrogen (secondary N) is 2. The molecule has 0 aromatic carbocycles. The van der Waals surface area contributed by atoms with Gasteiger partial charge in [0.1, 0.15) is 0 Å². The van der Waals surface area contributed by atoms with Crippen LogP contribution in [-0.4, -0.2) is 37.7 Å². The molecule has 0 amide bonds. The van der Waals surface area contributed by atoms with Crippen molar-refractivity contribution in [2.45, 2.75) is 38.5 Å². The molecule has 2 aliphatic rings. The molecule has 2 fully saturated rings. The zero-order valence-electron chi connectivity index (χ0n) is 11.5. The Morgan fingerprint density at radius 3 is 1.44 bits per heavy atom. The van der Waals surface area contributed by atoms with Gasteiger partial charge in [-0.3, -0.25) is 0 Å². The second-order valence-corrected chi connectivity index (χ2v) is 8.31. The Morgan fingerprint density at radius 2 is 1.06 bits per heavy atom. The van der Waals surface area contributed by atoms with Crippen LogP contribution in [0.5, 0.6) is 0 Å². The van der Waals surface area contributed by atoms with Gasteiger partial charge in [0.25, 0.3) is 0 Å². The fourth-order valence-electron chi connectivity index (χ4n) is 2.89. The van der Waals surface area contributed by atoms with Gasteiger partial charge < -0.3 is 10.6 Å². The van der Waals surface area contributed by atoms with Gasteiger partial charge in [0.15, 0.2) is 0 Å². The first-order valence-corrected chi connectivity index (χ1v) is 10.1. The molecule has 18 heavy (non-hydrogen) atoms. The van der Waals surface area contributed by atoms with E-state index in [1.54, 1.807) is 0 Å². The van der Waals surface area contributed by atoms with Crippen molar-refractivity contribution in [1.29, 1.82) is 0 Å². The Kier molecular flexibility index (Phi) is 7.94. The van der Waals surface area contributed by atoms with Gasteiger partial charge in [-0.2, -0.15) is 0 Å². The Labute approximate surface area is 120 Å². The predicted octanol–water partition coefficient (Wildman–Crippen LogP) is 3.15. The number of hydrogen-bond donors (Lipinski definition) is 2. The fraction of sp³-hybridized carbons (Fsp3) is 1.00. The molecular weight excluding hydrogens is 260 g/mol. The van der Waals surface area contributed by atoms with Crippen LogP contribution in [0.4, 0.5) is 0 Å². The molecule has 0 spiro atoms. The molecule has 0 bridgehead atoms. The molecule has 2 nitrogen and oxygen atoms in total. The maximum atomic E-state index is 3.44. The summed E-state index contributed by atoms with van der Waals surface area (Å²) < 4.78 is 0. The second kappa shape index (κ2) is 9.51. The average molecular weight is 289 g/mol. The quantitative estimate of drug-likeness (QED) is 0.555. The highest BCUT2D eigenvalue weighted by atomic mass is 33.1. The van der Waals surface area contributed by atoms with E-state index in [1.165, 1.54) is 76.2 Å². The van der Waals surface area contributed by atoms with Gasteiger partial charge in [0.05, 0.1) is 0 Å². The summed E-state index contributed by atoms with van der Waals surface area (Å²) in [6.45, 7) is 4.99. The van der Waals surface area contributed by atoms with E-state index in [1.807, 2.05) is 0 Å². The van der Waals surface area contributed by atoms with Crippen molar-refractivity contribution >= 4 is 21.6 Å². The van der Waals surface area contributed by atoms with Crippen LogP contribution in [0.1, 0.15) is 38.5 Å². The van der Waals surface area contributed by atoms with Gasteiger partial charge in [-0.15, -0.1) is 0 Å². The Morgan fingerprint density at radius 1 is 0.667 bits per heavy atom. The van der Waals surface area contributed by atoms with Crippen molar-refractivity contribution in [3.63, 3.8) is 0 Å². The lowest BCUT2D eigenvalue weighted by atomic mass is 9.96. The lowest BCUT2D eigenvalue weighted by molar-refractivity contribution is 0.367. The third-order valence-electron chi connectivity index (χ3n) is 4.22. The van der Waals surface area contributed by atoms with Gasteiger partial charge in [0, 0.05) is 11.5 Å². The van der Waals surface area contributed by atoms with E-state index < -0.39 is 0 Å². The highest BCUT2D eigenvalue weighted by molar-refractivity contribution is 8.76. The molecule has 2 aliphatic heterocycles. The van der Waals surface area contributed by atoms with E-state index in [0.29, 0.717) is 0 Å². The van der Waals surface area contributed by atoms with Gasteiger partial charge in [-0.25, -0.2) is 0 Å². The van der Waals surface area contributed by atoms with Crippen molar-refractivity contribution in [1.82, 2.24) is 10.6 Å². The molecule has 106 valence electrons. The summed E-state index contributed by atoms with van der Waals surface area (Å²) >= 11 is 0.